The Hall–Kier alpha value is -3.79. The molecule has 0 saturated carbocycles. The number of hydrogen-bond acceptors (Lipinski definition) is 5. The highest BCUT2D eigenvalue weighted by Crippen LogP contribution is 2.31. The van der Waals surface area contributed by atoms with E-state index in [4.69, 9.17) is 0 Å². The van der Waals surface area contributed by atoms with Crippen LogP contribution in [0.2, 0.25) is 0 Å². The van der Waals surface area contributed by atoms with Gasteiger partial charge in [0, 0.05) is 19.2 Å². The van der Waals surface area contributed by atoms with Gasteiger partial charge in [0.05, 0.1) is 21.9 Å². The highest BCUT2D eigenvalue weighted by atomic mass is 32.2. The average molecular weight is 483 g/mol. The maximum absolute atomic E-state index is 14.2. The molecule has 0 spiro atoms. The van der Waals surface area contributed by atoms with Gasteiger partial charge in [0.25, 0.3) is 17.1 Å². The van der Waals surface area contributed by atoms with Gasteiger partial charge in [0.2, 0.25) is 0 Å². The molecule has 4 rings (SSSR count). The lowest BCUT2D eigenvalue weighted by molar-refractivity contribution is -0.122. The summed E-state index contributed by atoms with van der Waals surface area (Å²) in [6.07, 6.45) is 1.65. The topological polar surface area (TPSA) is 84.3 Å². The van der Waals surface area contributed by atoms with Gasteiger partial charge in [-0.25, -0.2) is 13.5 Å². The van der Waals surface area contributed by atoms with E-state index in [9.17, 15) is 23.2 Å². The van der Waals surface area contributed by atoms with Crippen LogP contribution in [-0.2, 0) is 4.79 Å². The molecule has 0 radical (unpaired) electrons. The van der Waals surface area contributed by atoms with Crippen LogP contribution in [0.5, 0.6) is 0 Å². The number of carbonyl (C=O) groups is 3. The molecule has 7 nitrogen and oxygen atoms in total. The summed E-state index contributed by atoms with van der Waals surface area (Å²) in [5.41, 5.74) is 1.79. The third-order valence-electron chi connectivity index (χ3n) is 5.25. The summed E-state index contributed by atoms with van der Waals surface area (Å²) >= 11 is 0.850. The average Bonchev–Trinajstić information content (AvgIpc) is 3.23. The van der Waals surface area contributed by atoms with E-state index in [1.54, 1.807) is 19.9 Å². The molecule has 1 fully saturated rings. The Morgan fingerprint density at radius 2 is 1.85 bits per heavy atom. The minimum atomic E-state index is -0.805. The van der Waals surface area contributed by atoms with E-state index in [1.807, 2.05) is 30.3 Å². The van der Waals surface area contributed by atoms with Gasteiger partial charge < -0.3 is 5.32 Å². The molecule has 34 heavy (non-hydrogen) atoms. The van der Waals surface area contributed by atoms with Crippen LogP contribution in [0.4, 0.5) is 13.6 Å². The van der Waals surface area contributed by atoms with Crippen molar-refractivity contribution in [3.05, 3.63) is 87.6 Å². The molecule has 1 N–H and O–H groups in total. The van der Waals surface area contributed by atoms with Crippen molar-refractivity contribution in [3.8, 4) is 5.69 Å². The number of halogens is 2. The first kappa shape index (κ1) is 23.4. The molecule has 174 valence electrons. The standard InChI is InChI=1S/C24H20F2N4O3S/c1-14-21(15(2)30(28-14)19-9-8-17(25)13-18(19)26)22(31)27-10-11-29-23(32)20(34-24(29)33)12-16-6-4-3-5-7-16/h3-9,12-13H,10-11H2,1-2H3,(H,27,31). The van der Waals surface area contributed by atoms with Gasteiger partial charge in [-0.05, 0) is 49.4 Å². The molecule has 0 bridgehead atoms. The molecule has 10 heteroatoms. The zero-order chi connectivity index (χ0) is 24.4. The quantitative estimate of drug-likeness (QED) is 0.532. The largest absolute Gasteiger partial charge is 0.350 e. The molecule has 1 saturated heterocycles. The summed E-state index contributed by atoms with van der Waals surface area (Å²) in [5, 5.41) is 6.49. The molecule has 1 aromatic heterocycles. The van der Waals surface area contributed by atoms with E-state index in [0.717, 1.165) is 34.4 Å². The van der Waals surface area contributed by atoms with Crippen LogP contribution < -0.4 is 5.32 Å². The Morgan fingerprint density at radius 1 is 1.12 bits per heavy atom. The minimum absolute atomic E-state index is 0.00135. The fourth-order valence-corrected chi connectivity index (χ4v) is 4.49. The van der Waals surface area contributed by atoms with Crippen molar-refractivity contribution in [3.63, 3.8) is 0 Å². The highest BCUT2D eigenvalue weighted by molar-refractivity contribution is 8.18. The van der Waals surface area contributed by atoms with E-state index >= 15 is 0 Å². The first-order valence-corrected chi connectivity index (χ1v) is 11.2. The number of benzene rings is 2. The number of carbonyl (C=O) groups excluding carboxylic acids is 3. The lowest BCUT2D eigenvalue weighted by Crippen LogP contribution is -2.37. The van der Waals surface area contributed by atoms with Gasteiger partial charge in [-0.2, -0.15) is 5.10 Å². The number of thioether (sulfide) groups is 1. The first-order chi connectivity index (χ1) is 16.3. The predicted molar refractivity (Wildman–Crippen MR) is 124 cm³/mol. The summed E-state index contributed by atoms with van der Waals surface area (Å²) in [6.45, 7) is 3.24. The van der Waals surface area contributed by atoms with Crippen molar-refractivity contribution in [2.45, 2.75) is 13.8 Å². The van der Waals surface area contributed by atoms with E-state index < -0.39 is 28.7 Å². The summed E-state index contributed by atoms with van der Waals surface area (Å²) in [5.74, 6) is -2.41. The monoisotopic (exact) mass is 482 g/mol. The summed E-state index contributed by atoms with van der Waals surface area (Å²) < 4.78 is 28.7. The highest BCUT2D eigenvalue weighted by Gasteiger charge is 2.34. The Labute approximate surface area is 198 Å². The number of aromatic nitrogens is 2. The summed E-state index contributed by atoms with van der Waals surface area (Å²) in [4.78, 5) is 39.1. The molecule has 1 aliphatic heterocycles. The molecule has 1 aliphatic rings. The fourth-order valence-electron chi connectivity index (χ4n) is 3.62. The zero-order valence-electron chi connectivity index (χ0n) is 18.3. The van der Waals surface area contributed by atoms with Crippen LogP contribution in [0.3, 0.4) is 0 Å². The van der Waals surface area contributed by atoms with Crippen molar-refractivity contribution in [2.24, 2.45) is 0 Å². The van der Waals surface area contributed by atoms with Gasteiger partial charge in [-0.3, -0.25) is 19.3 Å². The van der Waals surface area contributed by atoms with Gasteiger partial charge in [-0.1, -0.05) is 30.3 Å². The maximum Gasteiger partial charge on any atom is 0.293 e. The molecular weight excluding hydrogens is 462 g/mol. The Kier molecular flexibility index (Phi) is 6.60. The molecule has 2 heterocycles. The fraction of sp³-hybridized carbons (Fsp3) is 0.167. The number of rotatable bonds is 6. The summed E-state index contributed by atoms with van der Waals surface area (Å²) in [6, 6.07) is 12.3. The van der Waals surface area contributed by atoms with Gasteiger partial charge in [0.1, 0.15) is 11.5 Å². The normalized spacial score (nSPS) is 14.8. The zero-order valence-corrected chi connectivity index (χ0v) is 19.2. The second kappa shape index (κ2) is 9.60. The molecule has 0 unspecified atom stereocenters. The Bertz CT molecular complexity index is 1320. The van der Waals surface area contributed by atoms with Crippen molar-refractivity contribution in [2.75, 3.05) is 13.1 Å². The summed E-state index contributed by atoms with van der Waals surface area (Å²) in [7, 11) is 0. The predicted octanol–water partition coefficient (Wildman–Crippen LogP) is 4.23. The van der Waals surface area contributed by atoms with E-state index in [-0.39, 0.29) is 24.3 Å². The molecule has 3 aromatic rings. The Balaban J connectivity index is 1.43. The van der Waals surface area contributed by atoms with Crippen LogP contribution in [0.15, 0.2) is 53.4 Å². The number of aryl methyl sites for hydroxylation is 1. The number of nitrogens with zero attached hydrogens (tertiary/aromatic N) is 3. The van der Waals surface area contributed by atoms with E-state index in [1.165, 1.54) is 10.7 Å². The molecule has 0 atom stereocenters. The smallest absolute Gasteiger partial charge is 0.293 e. The first-order valence-electron chi connectivity index (χ1n) is 10.4. The van der Waals surface area contributed by atoms with Crippen LogP contribution in [0.25, 0.3) is 11.8 Å². The van der Waals surface area contributed by atoms with Gasteiger partial charge in [-0.15, -0.1) is 0 Å². The van der Waals surface area contributed by atoms with Gasteiger partial charge >= 0.3 is 0 Å². The third kappa shape index (κ3) is 4.62. The van der Waals surface area contributed by atoms with E-state index in [2.05, 4.69) is 10.4 Å². The Morgan fingerprint density at radius 3 is 2.56 bits per heavy atom. The molecule has 0 aliphatic carbocycles. The molecule has 2 aromatic carbocycles. The van der Waals surface area contributed by atoms with Gasteiger partial charge in [0.15, 0.2) is 5.82 Å². The van der Waals surface area contributed by atoms with Crippen molar-refractivity contribution < 1.29 is 23.2 Å². The molecular formula is C24H20F2N4O3S. The maximum atomic E-state index is 14.2. The number of hydrogen-bond donors (Lipinski definition) is 1. The van der Waals surface area contributed by atoms with Crippen molar-refractivity contribution in [1.29, 1.82) is 0 Å². The van der Waals surface area contributed by atoms with Crippen LogP contribution in [0.1, 0.15) is 27.3 Å². The van der Waals surface area contributed by atoms with Crippen molar-refractivity contribution >= 4 is 34.9 Å². The number of imide groups is 1. The number of nitrogens with one attached hydrogen (secondary N) is 1. The lowest BCUT2D eigenvalue weighted by atomic mass is 10.2. The minimum Gasteiger partial charge on any atom is -0.350 e. The van der Waals surface area contributed by atoms with Crippen LogP contribution in [0, 0.1) is 25.5 Å². The van der Waals surface area contributed by atoms with Crippen LogP contribution >= 0.6 is 11.8 Å². The van der Waals surface area contributed by atoms with Crippen molar-refractivity contribution in [1.82, 2.24) is 20.0 Å². The molecule has 3 amide bonds. The third-order valence-corrected chi connectivity index (χ3v) is 6.16. The van der Waals surface area contributed by atoms with Crippen LogP contribution in [-0.4, -0.2) is 44.8 Å². The lowest BCUT2D eigenvalue weighted by Gasteiger charge is -2.13. The second-order valence-corrected chi connectivity index (χ2v) is 8.55. The second-order valence-electron chi connectivity index (χ2n) is 7.55. The SMILES string of the molecule is Cc1nn(-c2ccc(F)cc2F)c(C)c1C(=O)NCCN1C(=O)SC(=Cc2ccccc2)C1=O. The van der Waals surface area contributed by atoms with E-state index in [0.29, 0.717) is 16.3 Å². The number of amides is 3.